The molecule has 3 aromatic rings. The van der Waals surface area contributed by atoms with Gasteiger partial charge < -0.3 is 9.64 Å². The predicted octanol–water partition coefficient (Wildman–Crippen LogP) is 4.47. The number of rotatable bonds is 2. The maximum Gasteiger partial charge on any atom is 0.129 e. The van der Waals surface area contributed by atoms with Crippen LogP contribution < -0.4 is 4.90 Å². The summed E-state index contributed by atoms with van der Waals surface area (Å²) in [5.41, 5.74) is 2.06. The van der Waals surface area contributed by atoms with Crippen LogP contribution in [0.4, 0.5) is 5.82 Å². The standard InChI is InChI=1S/C19H17ClN2O/c20-16-7-3-2-6-15(16)18-13-22(11-12-23-18)19-10-9-14-5-1-4-8-17(14)21-19/h1-10,18H,11-13H2. The minimum absolute atomic E-state index is 0.0225. The number of hydrogen-bond donors (Lipinski definition) is 0. The minimum Gasteiger partial charge on any atom is -0.370 e. The van der Waals surface area contributed by atoms with E-state index in [0.29, 0.717) is 6.61 Å². The van der Waals surface area contributed by atoms with Gasteiger partial charge in [-0.05, 0) is 24.3 Å². The first-order valence-corrected chi connectivity index (χ1v) is 8.16. The lowest BCUT2D eigenvalue weighted by Crippen LogP contribution is -2.38. The van der Waals surface area contributed by atoms with E-state index in [-0.39, 0.29) is 6.10 Å². The van der Waals surface area contributed by atoms with E-state index < -0.39 is 0 Å². The number of ether oxygens (including phenoxy) is 1. The van der Waals surface area contributed by atoms with Crippen molar-refractivity contribution in [2.75, 3.05) is 24.6 Å². The highest BCUT2D eigenvalue weighted by atomic mass is 35.5. The molecule has 116 valence electrons. The molecule has 1 fully saturated rings. The SMILES string of the molecule is Clc1ccccc1C1CN(c2ccc3ccccc3n2)CCO1. The number of morpholine rings is 1. The average molecular weight is 325 g/mol. The predicted molar refractivity (Wildman–Crippen MR) is 94.1 cm³/mol. The Bertz CT molecular complexity index is 836. The highest BCUT2D eigenvalue weighted by molar-refractivity contribution is 6.31. The van der Waals surface area contributed by atoms with Crippen LogP contribution in [0.15, 0.2) is 60.7 Å². The van der Waals surface area contributed by atoms with Crippen LogP contribution in [-0.2, 0) is 4.74 Å². The van der Waals surface area contributed by atoms with Gasteiger partial charge in [0.1, 0.15) is 11.9 Å². The summed E-state index contributed by atoms with van der Waals surface area (Å²) in [6.07, 6.45) is -0.0225. The first kappa shape index (κ1) is 14.5. The second kappa shape index (κ2) is 6.19. The van der Waals surface area contributed by atoms with Crippen LogP contribution >= 0.6 is 11.6 Å². The monoisotopic (exact) mass is 324 g/mol. The van der Waals surface area contributed by atoms with Gasteiger partial charge in [0.25, 0.3) is 0 Å². The molecule has 4 heteroatoms. The third-order valence-corrected chi connectivity index (χ3v) is 4.57. The number of nitrogens with zero attached hydrogens (tertiary/aromatic N) is 2. The molecular formula is C19H17ClN2O. The number of fused-ring (bicyclic) bond motifs is 1. The molecule has 0 radical (unpaired) electrons. The molecule has 1 saturated heterocycles. The molecule has 0 saturated carbocycles. The van der Waals surface area contributed by atoms with Gasteiger partial charge >= 0.3 is 0 Å². The molecule has 2 heterocycles. The summed E-state index contributed by atoms with van der Waals surface area (Å²) in [5, 5.41) is 1.91. The molecule has 0 spiro atoms. The zero-order valence-electron chi connectivity index (χ0n) is 12.7. The molecule has 0 N–H and O–H groups in total. The molecule has 0 amide bonds. The van der Waals surface area contributed by atoms with Gasteiger partial charge in [0.2, 0.25) is 0 Å². The van der Waals surface area contributed by atoms with E-state index in [1.807, 2.05) is 42.5 Å². The smallest absolute Gasteiger partial charge is 0.129 e. The number of anilines is 1. The molecule has 4 rings (SSSR count). The Balaban J connectivity index is 1.62. The third-order valence-electron chi connectivity index (χ3n) is 4.23. The molecule has 0 bridgehead atoms. The fourth-order valence-electron chi connectivity index (χ4n) is 3.01. The van der Waals surface area contributed by atoms with Crippen molar-refractivity contribution >= 4 is 28.3 Å². The summed E-state index contributed by atoms with van der Waals surface area (Å²) in [7, 11) is 0. The molecule has 1 aliphatic heterocycles. The molecule has 1 aliphatic rings. The van der Waals surface area contributed by atoms with Crippen molar-refractivity contribution in [1.29, 1.82) is 0 Å². The Morgan fingerprint density at radius 2 is 1.83 bits per heavy atom. The summed E-state index contributed by atoms with van der Waals surface area (Å²) < 4.78 is 5.93. The van der Waals surface area contributed by atoms with E-state index in [1.165, 1.54) is 0 Å². The number of hydrogen-bond acceptors (Lipinski definition) is 3. The van der Waals surface area contributed by atoms with E-state index in [9.17, 15) is 0 Å². The zero-order valence-corrected chi connectivity index (χ0v) is 13.4. The Kier molecular flexibility index (Phi) is 3.90. The lowest BCUT2D eigenvalue weighted by Gasteiger charge is -2.34. The summed E-state index contributed by atoms with van der Waals surface area (Å²) in [6, 6.07) is 20.3. The van der Waals surface area contributed by atoms with Crippen molar-refractivity contribution in [2.24, 2.45) is 0 Å². The van der Waals surface area contributed by atoms with Crippen molar-refractivity contribution in [3.05, 3.63) is 71.2 Å². The van der Waals surface area contributed by atoms with Gasteiger partial charge in [-0.3, -0.25) is 0 Å². The first-order valence-electron chi connectivity index (χ1n) is 7.78. The second-order valence-electron chi connectivity index (χ2n) is 5.69. The van der Waals surface area contributed by atoms with E-state index in [4.69, 9.17) is 21.3 Å². The van der Waals surface area contributed by atoms with Crippen LogP contribution in [0.1, 0.15) is 11.7 Å². The molecule has 3 nitrogen and oxygen atoms in total. The van der Waals surface area contributed by atoms with Crippen molar-refractivity contribution in [1.82, 2.24) is 4.98 Å². The lowest BCUT2D eigenvalue weighted by molar-refractivity contribution is 0.0396. The molecule has 1 atom stereocenters. The molecular weight excluding hydrogens is 308 g/mol. The minimum atomic E-state index is -0.0225. The highest BCUT2D eigenvalue weighted by Gasteiger charge is 2.24. The Labute approximate surface area is 140 Å². The summed E-state index contributed by atoms with van der Waals surface area (Å²) >= 11 is 6.32. The van der Waals surface area contributed by atoms with E-state index in [2.05, 4.69) is 23.1 Å². The van der Waals surface area contributed by atoms with Gasteiger partial charge in [0, 0.05) is 29.1 Å². The molecule has 23 heavy (non-hydrogen) atoms. The zero-order chi connectivity index (χ0) is 15.6. The van der Waals surface area contributed by atoms with E-state index >= 15 is 0 Å². The van der Waals surface area contributed by atoms with Gasteiger partial charge in [0.15, 0.2) is 0 Å². The Hall–Kier alpha value is -2.10. The quantitative estimate of drug-likeness (QED) is 0.695. The van der Waals surface area contributed by atoms with Crippen molar-refractivity contribution in [3.8, 4) is 0 Å². The number of benzene rings is 2. The normalized spacial score (nSPS) is 18.3. The van der Waals surface area contributed by atoms with Crippen LogP contribution in [-0.4, -0.2) is 24.7 Å². The van der Waals surface area contributed by atoms with Crippen LogP contribution in [0, 0.1) is 0 Å². The lowest BCUT2D eigenvalue weighted by atomic mass is 10.1. The van der Waals surface area contributed by atoms with Crippen molar-refractivity contribution in [2.45, 2.75) is 6.10 Å². The Morgan fingerprint density at radius 1 is 1.00 bits per heavy atom. The maximum atomic E-state index is 6.32. The molecule has 1 unspecified atom stereocenters. The maximum absolute atomic E-state index is 6.32. The van der Waals surface area contributed by atoms with Crippen LogP contribution in [0.2, 0.25) is 5.02 Å². The fraction of sp³-hybridized carbons (Fsp3) is 0.211. The number of pyridine rings is 1. The fourth-order valence-corrected chi connectivity index (χ4v) is 3.27. The topological polar surface area (TPSA) is 25.4 Å². The summed E-state index contributed by atoms with van der Waals surface area (Å²) in [5.74, 6) is 0.990. The number of para-hydroxylation sites is 1. The average Bonchev–Trinajstić information content (AvgIpc) is 2.62. The molecule has 2 aromatic carbocycles. The highest BCUT2D eigenvalue weighted by Crippen LogP contribution is 2.30. The van der Waals surface area contributed by atoms with Gasteiger partial charge in [-0.25, -0.2) is 4.98 Å². The number of halogens is 1. The third kappa shape index (κ3) is 2.90. The van der Waals surface area contributed by atoms with Crippen molar-refractivity contribution in [3.63, 3.8) is 0 Å². The largest absolute Gasteiger partial charge is 0.370 e. The van der Waals surface area contributed by atoms with Gasteiger partial charge in [-0.2, -0.15) is 0 Å². The second-order valence-corrected chi connectivity index (χ2v) is 6.10. The number of aromatic nitrogens is 1. The van der Waals surface area contributed by atoms with Gasteiger partial charge in [-0.1, -0.05) is 48.0 Å². The van der Waals surface area contributed by atoms with Gasteiger partial charge in [-0.15, -0.1) is 0 Å². The van der Waals surface area contributed by atoms with Crippen LogP contribution in [0.5, 0.6) is 0 Å². The van der Waals surface area contributed by atoms with E-state index in [0.717, 1.165) is 40.4 Å². The summed E-state index contributed by atoms with van der Waals surface area (Å²) in [6.45, 7) is 2.27. The Morgan fingerprint density at radius 3 is 2.74 bits per heavy atom. The molecule has 1 aromatic heterocycles. The van der Waals surface area contributed by atoms with Crippen LogP contribution in [0.3, 0.4) is 0 Å². The summed E-state index contributed by atoms with van der Waals surface area (Å²) in [4.78, 5) is 7.05. The van der Waals surface area contributed by atoms with Crippen LogP contribution in [0.25, 0.3) is 10.9 Å². The van der Waals surface area contributed by atoms with E-state index in [1.54, 1.807) is 0 Å². The molecule has 0 aliphatic carbocycles. The van der Waals surface area contributed by atoms with Gasteiger partial charge in [0.05, 0.1) is 12.1 Å². The van der Waals surface area contributed by atoms with Crippen molar-refractivity contribution < 1.29 is 4.74 Å². The first-order chi connectivity index (χ1) is 11.3.